The van der Waals surface area contributed by atoms with Gasteiger partial charge in [-0.1, -0.05) is 13.8 Å². The Labute approximate surface area is 98.4 Å². The molecule has 4 N–H and O–H groups in total. The number of nitrogens with one attached hydrogen (secondary N) is 1. The Morgan fingerprint density at radius 1 is 1.12 bits per heavy atom. The van der Waals surface area contributed by atoms with Crippen molar-refractivity contribution in [2.75, 3.05) is 0 Å². The molecule has 0 radical (unpaired) electrons. The summed E-state index contributed by atoms with van der Waals surface area (Å²) in [6.45, 7) is 3.23. The maximum absolute atomic E-state index is 11.2. The van der Waals surface area contributed by atoms with Crippen molar-refractivity contribution in [3.8, 4) is 0 Å². The van der Waals surface area contributed by atoms with Gasteiger partial charge in [-0.25, -0.2) is 4.79 Å². The van der Waals surface area contributed by atoms with E-state index in [1.54, 1.807) is 13.8 Å². The Kier molecular flexibility index (Phi) is 6.19. The van der Waals surface area contributed by atoms with Crippen LogP contribution in [0.15, 0.2) is 0 Å². The van der Waals surface area contributed by atoms with E-state index >= 15 is 0 Å². The van der Waals surface area contributed by atoms with Crippen molar-refractivity contribution in [1.82, 2.24) is 5.32 Å². The van der Waals surface area contributed by atoms with E-state index in [1.165, 1.54) is 0 Å². The van der Waals surface area contributed by atoms with Crippen LogP contribution >= 0.6 is 0 Å². The molecule has 0 saturated heterocycles. The van der Waals surface area contributed by atoms with Gasteiger partial charge in [0.15, 0.2) is 6.04 Å². The quantitative estimate of drug-likeness (QED) is 0.478. The lowest BCUT2D eigenvalue weighted by molar-refractivity contribution is -0.146. The van der Waals surface area contributed by atoms with Gasteiger partial charge in [0.2, 0.25) is 5.91 Å². The number of carboxylic acid groups (broad SMARTS) is 2. The molecule has 0 fully saturated rings. The first-order valence-electron chi connectivity index (χ1n) is 5.17. The summed E-state index contributed by atoms with van der Waals surface area (Å²) >= 11 is 0. The third-order valence-electron chi connectivity index (χ3n) is 2.17. The number of rotatable bonds is 7. The fourth-order valence-corrected chi connectivity index (χ4v) is 1.14. The van der Waals surface area contributed by atoms with Gasteiger partial charge in [-0.05, 0) is 5.92 Å². The third kappa shape index (κ3) is 5.86. The smallest absolute Gasteiger partial charge is 0.328 e. The van der Waals surface area contributed by atoms with E-state index in [0.717, 1.165) is 0 Å². The molecule has 0 bridgehead atoms. The molecule has 98 valence electrons. The zero-order valence-electron chi connectivity index (χ0n) is 9.71. The summed E-state index contributed by atoms with van der Waals surface area (Å²) in [6, 6.07) is -1.42. The van der Waals surface area contributed by atoms with Crippen molar-refractivity contribution < 1.29 is 29.7 Å². The van der Waals surface area contributed by atoms with Gasteiger partial charge in [0.05, 0.1) is 12.5 Å². The topological polar surface area (TPSA) is 124 Å². The number of hydrogen-bond donors (Lipinski definition) is 4. The van der Waals surface area contributed by atoms with Crippen LogP contribution in [-0.4, -0.2) is 45.3 Å². The fourth-order valence-electron chi connectivity index (χ4n) is 1.14. The molecule has 0 spiro atoms. The third-order valence-corrected chi connectivity index (χ3v) is 2.17. The zero-order valence-corrected chi connectivity index (χ0v) is 9.71. The molecule has 0 aromatic heterocycles. The molecule has 0 saturated carbocycles. The number of hydrogen-bond acceptors (Lipinski definition) is 4. The molecule has 0 rings (SSSR count). The lowest BCUT2D eigenvalue weighted by Gasteiger charge is -2.23. The van der Waals surface area contributed by atoms with Crippen molar-refractivity contribution in [3.05, 3.63) is 0 Å². The van der Waals surface area contributed by atoms with E-state index in [9.17, 15) is 19.5 Å². The minimum absolute atomic E-state index is 0.316. The average molecular weight is 247 g/mol. The number of carbonyl (C=O) groups is 3. The van der Waals surface area contributed by atoms with Crippen LogP contribution in [0.2, 0.25) is 0 Å². The molecular weight excluding hydrogens is 230 g/mol. The van der Waals surface area contributed by atoms with Crippen molar-refractivity contribution >= 4 is 17.8 Å². The fraction of sp³-hybridized carbons (Fsp3) is 0.700. The molecule has 0 aromatic rings. The SMILES string of the molecule is CC(C)[C@@H](O)[C@H](NC(=O)CCC(=O)O)C(=O)O. The van der Waals surface area contributed by atoms with E-state index in [4.69, 9.17) is 10.2 Å². The Morgan fingerprint density at radius 2 is 1.65 bits per heavy atom. The summed E-state index contributed by atoms with van der Waals surface area (Å²) in [5.74, 6) is -3.54. The number of aliphatic hydroxyl groups is 1. The lowest BCUT2D eigenvalue weighted by Crippen LogP contribution is -2.50. The predicted molar refractivity (Wildman–Crippen MR) is 57.3 cm³/mol. The van der Waals surface area contributed by atoms with Gasteiger partial charge in [-0.2, -0.15) is 0 Å². The Balaban J connectivity index is 4.40. The maximum Gasteiger partial charge on any atom is 0.328 e. The monoisotopic (exact) mass is 247 g/mol. The predicted octanol–water partition coefficient (Wildman–Crippen LogP) is -0.562. The number of carboxylic acids is 2. The zero-order chi connectivity index (χ0) is 13.6. The average Bonchev–Trinajstić information content (AvgIpc) is 2.21. The van der Waals surface area contributed by atoms with E-state index < -0.39 is 30.0 Å². The molecular formula is C10H17NO6. The first-order valence-corrected chi connectivity index (χ1v) is 5.17. The highest BCUT2D eigenvalue weighted by atomic mass is 16.4. The Hall–Kier alpha value is -1.63. The van der Waals surface area contributed by atoms with Crippen molar-refractivity contribution in [3.63, 3.8) is 0 Å². The Morgan fingerprint density at radius 3 is 2.00 bits per heavy atom. The number of amides is 1. The standard InChI is InChI=1S/C10H17NO6/c1-5(2)9(15)8(10(16)17)11-6(12)3-4-7(13)14/h5,8-9,15H,3-4H2,1-2H3,(H,11,12)(H,13,14)(H,16,17)/t8-,9+/m0/s1. The number of aliphatic carboxylic acids is 2. The van der Waals surface area contributed by atoms with Crippen LogP contribution in [0.1, 0.15) is 26.7 Å². The van der Waals surface area contributed by atoms with Gasteiger partial charge >= 0.3 is 11.9 Å². The molecule has 7 nitrogen and oxygen atoms in total. The van der Waals surface area contributed by atoms with Gasteiger partial charge in [-0.15, -0.1) is 0 Å². The van der Waals surface area contributed by atoms with E-state index in [1.807, 2.05) is 0 Å². The minimum Gasteiger partial charge on any atom is -0.481 e. The van der Waals surface area contributed by atoms with Gasteiger partial charge < -0.3 is 20.6 Å². The summed E-state index contributed by atoms with van der Waals surface area (Å²) in [6.07, 6.45) is -1.92. The van der Waals surface area contributed by atoms with E-state index in [-0.39, 0.29) is 18.8 Å². The molecule has 2 atom stereocenters. The van der Waals surface area contributed by atoms with Crippen molar-refractivity contribution in [1.29, 1.82) is 0 Å². The second-order valence-electron chi connectivity index (χ2n) is 4.01. The minimum atomic E-state index is -1.42. The summed E-state index contributed by atoms with van der Waals surface area (Å²) in [4.78, 5) is 32.3. The van der Waals surface area contributed by atoms with Crippen LogP contribution in [0.25, 0.3) is 0 Å². The summed E-state index contributed by atoms with van der Waals surface area (Å²) < 4.78 is 0. The molecule has 17 heavy (non-hydrogen) atoms. The number of aliphatic hydroxyl groups excluding tert-OH is 1. The maximum atomic E-state index is 11.2. The largest absolute Gasteiger partial charge is 0.481 e. The molecule has 0 aromatic carbocycles. The highest BCUT2D eigenvalue weighted by molar-refractivity contribution is 5.85. The second-order valence-corrected chi connectivity index (χ2v) is 4.01. The molecule has 1 amide bonds. The highest BCUT2D eigenvalue weighted by Crippen LogP contribution is 2.07. The first kappa shape index (κ1) is 15.4. The van der Waals surface area contributed by atoms with Crippen molar-refractivity contribution in [2.24, 2.45) is 5.92 Å². The second kappa shape index (κ2) is 6.85. The van der Waals surface area contributed by atoms with Gasteiger partial charge in [0.1, 0.15) is 0 Å². The van der Waals surface area contributed by atoms with Crippen LogP contribution in [0.4, 0.5) is 0 Å². The normalized spacial score (nSPS) is 14.1. The molecule has 0 aliphatic carbocycles. The molecule has 7 heteroatoms. The Bertz CT molecular complexity index is 301. The highest BCUT2D eigenvalue weighted by Gasteiger charge is 2.30. The van der Waals surface area contributed by atoms with Gasteiger partial charge in [0, 0.05) is 6.42 Å². The van der Waals surface area contributed by atoms with Crippen molar-refractivity contribution in [2.45, 2.75) is 38.8 Å². The molecule has 0 heterocycles. The van der Waals surface area contributed by atoms with Crippen LogP contribution in [0, 0.1) is 5.92 Å². The summed E-state index contributed by atoms with van der Waals surface area (Å²) in [7, 11) is 0. The van der Waals surface area contributed by atoms with Gasteiger partial charge in [-0.3, -0.25) is 9.59 Å². The molecule has 0 unspecified atom stereocenters. The van der Waals surface area contributed by atoms with Crippen LogP contribution < -0.4 is 5.32 Å². The lowest BCUT2D eigenvalue weighted by atomic mass is 9.99. The van der Waals surface area contributed by atoms with Crippen LogP contribution in [-0.2, 0) is 14.4 Å². The molecule has 0 aliphatic heterocycles. The van der Waals surface area contributed by atoms with Crippen LogP contribution in [0.5, 0.6) is 0 Å². The van der Waals surface area contributed by atoms with E-state index in [2.05, 4.69) is 5.32 Å². The molecule has 0 aliphatic rings. The van der Waals surface area contributed by atoms with E-state index in [0.29, 0.717) is 0 Å². The summed E-state index contributed by atoms with van der Waals surface area (Å²) in [5, 5.41) is 28.9. The first-order chi connectivity index (χ1) is 7.75. The summed E-state index contributed by atoms with van der Waals surface area (Å²) in [5.41, 5.74) is 0. The number of carbonyl (C=O) groups excluding carboxylic acids is 1. The van der Waals surface area contributed by atoms with Gasteiger partial charge in [0.25, 0.3) is 0 Å². The van der Waals surface area contributed by atoms with Crippen LogP contribution in [0.3, 0.4) is 0 Å².